The van der Waals surface area contributed by atoms with Crippen molar-refractivity contribution in [3.05, 3.63) is 30.2 Å². The van der Waals surface area contributed by atoms with E-state index in [1.165, 1.54) is 12.8 Å². The molecule has 3 heterocycles. The van der Waals surface area contributed by atoms with E-state index in [0.717, 1.165) is 31.2 Å². The van der Waals surface area contributed by atoms with Crippen molar-refractivity contribution in [3.8, 4) is 17.0 Å². The number of hydrogen-bond acceptors (Lipinski definition) is 7. The molecule has 146 valence electrons. The van der Waals surface area contributed by atoms with Gasteiger partial charge in [-0.25, -0.2) is 4.98 Å². The molecule has 1 saturated heterocycles. The van der Waals surface area contributed by atoms with Crippen LogP contribution in [0.2, 0.25) is 0 Å². The van der Waals surface area contributed by atoms with E-state index in [4.69, 9.17) is 4.42 Å². The molecule has 0 radical (unpaired) electrons. The summed E-state index contributed by atoms with van der Waals surface area (Å²) in [4.78, 5) is 6.52. The number of nitrogens with zero attached hydrogens (tertiary/aromatic N) is 4. The molecule has 2 atom stereocenters. The molecule has 0 amide bonds. The Morgan fingerprint density at radius 3 is 2.82 bits per heavy atom. The summed E-state index contributed by atoms with van der Waals surface area (Å²) in [5.74, 6) is 2.44. The third-order valence-corrected chi connectivity index (χ3v) is 5.88. The smallest absolute Gasteiger partial charge is 0.192 e. The van der Waals surface area contributed by atoms with Gasteiger partial charge in [0.1, 0.15) is 11.3 Å². The monoisotopic (exact) mass is 379 g/mol. The van der Waals surface area contributed by atoms with E-state index in [2.05, 4.69) is 32.3 Å². The summed E-state index contributed by atoms with van der Waals surface area (Å²) in [6.07, 6.45) is 3.86. The third-order valence-electron chi connectivity index (χ3n) is 5.88. The highest BCUT2D eigenvalue weighted by Gasteiger charge is 2.31. The number of benzene rings is 1. The molecule has 1 aliphatic heterocycles. The van der Waals surface area contributed by atoms with Crippen molar-refractivity contribution in [1.29, 1.82) is 0 Å². The Labute approximate surface area is 163 Å². The first-order valence-corrected chi connectivity index (χ1v) is 10.0. The summed E-state index contributed by atoms with van der Waals surface area (Å²) in [5.41, 5.74) is 2.49. The van der Waals surface area contributed by atoms with E-state index in [0.29, 0.717) is 40.3 Å². The average Bonchev–Trinajstić information content (AvgIpc) is 3.33. The van der Waals surface area contributed by atoms with E-state index in [-0.39, 0.29) is 5.75 Å². The van der Waals surface area contributed by atoms with Gasteiger partial charge < -0.3 is 19.7 Å². The Hall–Kier alpha value is -2.67. The van der Waals surface area contributed by atoms with Gasteiger partial charge in [-0.1, -0.05) is 0 Å². The fourth-order valence-electron chi connectivity index (χ4n) is 4.13. The van der Waals surface area contributed by atoms with Crippen molar-refractivity contribution in [2.75, 3.05) is 18.0 Å². The molecule has 7 heteroatoms. The first-order chi connectivity index (χ1) is 13.6. The molecule has 0 bridgehead atoms. The van der Waals surface area contributed by atoms with Crippen LogP contribution in [0.15, 0.2) is 28.7 Å². The van der Waals surface area contributed by atoms with Gasteiger partial charge in [0.05, 0.1) is 5.69 Å². The normalized spacial score (nSPS) is 20.8. The first kappa shape index (κ1) is 17.4. The fourth-order valence-corrected chi connectivity index (χ4v) is 4.13. The predicted molar refractivity (Wildman–Crippen MR) is 107 cm³/mol. The second kappa shape index (κ2) is 6.74. The van der Waals surface area contributed by atoms with Crippen LogP contribution in [-0.2, 0) is 0 Å². The maximum absolute atomic E-state index is 10.4. The van der Waals surface area contributed by atoms with Crippen molar-refractivity contribution in [3.63, 3.8) is 0 Å². The zero-order chi connectivity index (χ0) is 19.3. The van der Waals surface area contributed by atoms with Crippen LogP contribution >= 0.6 is 0 Å². The highest BCUT2D eigenvalue weighted by atomic mass is 16.3. The van der Waals surface area contributed by atoms with Gasteiger partial charge in [-0.2, -0.15) is 0 Å². The molecular weight excluding hydrogens is 354 g/mol. The molecule has 1 saturated carbocycles. The average molecular weight is 379 g/mol. The number of phenols is 1. The Morgan fingerprint density at radius 2 is 2.07 bits per heavy atom. The van der Waals surface area contributed by atoms with Crippen LogP contribution < -0.4 is 10.2 Å². The van der Waals surface area contributed by atoms with Crippen LogP contribution in [0, 0.1) is 12.8 Å². The van der Waals surface area contributed by atoms with Crippen molar-refractivity contribution in [1.82, 2.24) is 20.5 Å². The standard InChI is InChI=1S/C21H25N5O2/c1-12(14-3-4-14)22-15-7-8-26(11-15)21-6-5-17(24-25-21)16-9-20-18(10-19(16)27)23-13(2)28-20/h5-6,9-10,12,14-15,22,27H,3-4,7-8,11H2,1-2H3. The lowest BCUT2D eigenvalue weighted by molar-refractivity contribution is 0.433. The largest absolute Gasteiger partial charge is 0.507 e. The number of hydrogen-bond donors (Lipinski definition) is 2. The lowest BCUT2D eigenvalue weighted by atomic mass is 10.1. The van der Waals surface area contributed by atoms with E-state index in [1.54, 1.807) is 19.1 Å². The third kappa shape index (κ3) is 3.30. The van der Waals surface area contributed by atoms with E-state index >= 15 is 0 Å². The van der Waals surface area contributed by atoms with Gasteiger partial charge in [0.2, 0.25) is 0 Å². The Bertz CT molecular complexity index is 996. The van der Waals surface area contributed by atoms with Crippen LogP contribution in [0.25, 0.3) is 22.4 Å². The molecule has 28 heavy (non-hydrogen) atoms. The van der Waals surface area contributed by atoms with Crippen LogP contribution in [0.3, 0.4) is 0 Å². The molecule has 0 spiro atoms. The van der Waals surface area contributed by atoms with Gasteiger partial charge in [0, 0.05) is 43.7 Å². The molecule has 2 aromatic heterocycles. The molecule has 7 nitrogen and oxygen atoms in total. The first-order valence-electron chi connectivity index (χ1n) is 10.0. The highest BCUT2D eigenvalue weighted by Crippen LogP contribution is 2.34. The molecule has 2 aliphatic rings. The van der Waals surface area contributed by atoms with Gasteiger partial charge >= 0.3 is 0 Å². The van der Waals surface area contributed by atoms with E-state index < -0.39 is 0 Å². The molecule has 1 aromatic carbocycles. The zero-order valence-corrected chi connectivity index (χ0v) is 16.2. The number of aromatic nitrogens is 3. The number of oxazole rings is 1. The maximum Gasteiger partial charge on any atom is 0.192 e. The summed E-state index contributed by atoms with van der Waals surface area (Å²) in [6.45, 7) is 6.03. The number of aryl methyl sites for hydroxylation is 1. The Morgan fingerprint density at radius 1 is 1.21 bits per heavy atom. The second-order valence-electron chi connectivity index (χ2n) is 8.07. The maximum atomic E-state index is 10.4. The van der Waals surface area contributed by atoms with Gasteiger partial charge in [-0.05, 0) is 50.3 Å². The van der Waals surface area contributed by atoms with E-state index in [1.807, 2.05) is 12.1 Å². The van der Waals surface area contributed by atoms with Crippen LogP contribution in [0.1, 0.15) is 32.1 Å². The number of fused-ring (bicyclic) bond motifs is 1. The van der Waals surface area contributed by atoms with Gasteiger partial charge in [0.15, 0.2) is 17.3 Å². The molecule has 2 N–H and O–H groups in total. The summed E-state index contributed by atoms with van der Waals surface area (Å²) in [5, 5.41) is 22.9. The minimum atomic E-state index is 0.127. The minimum Gasteiger partial charge on any atom is -0.507 e. The molecule has 1 aliphatic carbocycles. The molecule has 2 unspecified atom stereocenters. The summed E-state index contributed by atoms with van der Waals surface area (Å²) in [7, 11) is 0. The van der Waals surface area contributed by atoms with Crippen molar-refractivity contribution in [2.24, 2.45) is 5.92 Å². The SMILES string of the molecule is Cc1nc2cc(O)c(-c3ccc(N4CCC(NC(C)C5CC5)C4)nn3)cc2o1. The molecule has 2 fully saturated rings. The van der Waals surface area contributed by atoms with Crippen LogP contribution in [0.5, 0.6) is 5.75 Å². The van der Waals surface area contributed by atoms with Crippen LogP contribution in [-0.4, -0.2) is 45.5 Å². The van der Waals surface area contributed by atoms with Crippen molar-refractivity contribution >= 4 is 16.9 Å². The lowest BCUT2D eigenvalue weighted by Gasteiger charge is -2.20. The number of phenolic OH excluding ortho intramolecular Hbond substituents is 1. The van der Waals surface area contributed by atoms with Crippen LogP contribution in [0.4, 0.5) is 5.82 Å². The number of rotatable bonds is 5. The topological polar surface area (TPSA) is 87.3 Å². The van der Waals surface area contributed by atoms with E-state index in [9.17, 15) is 5.11 Å². The summed E-state index contributed by atoms with van der Waals surface area (Å²) in [6, 6.07) is 8.37. The number of nitrogens with one attached hydrogen (secondary N) is 1. The molecule has 3 aromatic rings. The minimum absolute atomic E-state index is 0.127. The van der Waals surface area contributed by atoms with Gasteiger partial charge in [0.25, 0.3) is 0 Å². The van der Waals surface area contributed by atoms with Gasteiger partial charge in [-0.3, -0.25) is 0 Å². The second-order valence-corrected chi connectivity index (χ2v) is 8.07. The Kier molecular flexibility index (Phi) is 4.19. The van der Waals surface area contributed by atoms with Gasteiger partial charge in [-0.15, -0.1) is 10.2 Å². The zero-order valence-electron chi connectivity index (χ0n) is 16.2. The predicted octanol–water partition coefficient (Wildman–Crippen LogP) is 3.27. The summed E-state index contributed by atoms with van der Waals surface area (Å²) >= 11 is 0. The Balaban J connectivity index is 1.31. The quantitative estimate of drug-likeness (QED) is 0.703. The molecular formula is C21H25N5O2. The lowest BCUT2D eigenvalue weighted by Crippen LogP contribution is -2.39. The van der Waals surface area contributed by atoms with Crippen molar-refractivity contribution < 1.29 is 9.52 Å². The van der Waals surface area contributed by atoms with Crippen molar-refractivity contribution in [2.45, 2.75) is 45.2 Å². The molecule has 5 rings (SSSR count). The summed E-state index contributed by atoms with van der Waals surface area (Å²) < 4.78 is 5.57. The highest BCUT2D eigenvalue weighted by molar-refractivity contribution is 5.83. The fraction of sp³-hybridized carbons (Fsp3) is 0.476. The number of anilines is 1. The number of aromatic hydroxyl groups is 1.